The monoisotopic (exact) mass is 225 g/mol. The highest BCUT2D eigenvalue weighted by Crippen LogP contribution is 2.31. The van der Waals surface area contributed by atoms with Gasteiger partial charge < -0.3 is 10.1 Å². The Labute approximate surface area is 95.9 Å². The molecule has 3 heteroatoms. The van der Waals surface area contributed by atoms with Crippen LogP contribution in [0.25, 0.3) is 0 Å². The van der Waals surface area contributed by atoms with Gasteiger partial charge in [0.1, 0.15) is 5.75 Å². The first kappa shape index (κ1) is 11.9. The molecule has 0 amide bonds. The van der Waals surface area contributed by atoms with Gasteiger partial charge in [-0.1, -0.05) is 17.7 Å². The minimum absolute atomic E-state index is 0.194. The summed E-state index contributed by atoms with van der Waals surface area (Å²) < 4.78 is 5.25. The average Bonchev–Trinajstić information content (AvgIpc) is 2.22. The van der Waals surface area contributed by atoms with Crippen LogP contribution in [0.15, 0.2) is 24.8 Å². The van der Waals surface area contributed by atoms with Gasteiger partial charge in [0.2, 0.25) is 0 Å². The Morgan fingerprint density at radius 3 is 2.73 bits per heavy atom. The van der Waals surface area contributed by atoms with Crippen LogP contribution in [-0.4, -0.2) is 13.2 Å². The van der Waals surface area contributed by atoms with Crippen LogP contribution in [0.2, 0.25) is 5.02 Å². The predicted molar refractivity (Wildman–Crippen MR) is 66.0 cm³/mol. The second-order valence-corrected chi connectivity index (χ2v) is 3.88. The zero-order valence-corrected chi connectivity index (χ0v) is 10.1. The van der Waals surface area contributed by atoms with Crippen molar-refractivity contribution in [2.24, 2.45) is 0 Å². The van der Waals surface area contributed by atoms with Gasteiger partial charge in [0, 0.05) is 17.1 Å². The molecular formula is C12H16ClNO. The summed E-state index contributed by atoms with van der Waals surface area (Å²) >= 11 is 6.01. The summed E-state index contributed by atoms with van der Waals surface area (Å²) in [6.07, 6.45) is 1.84. The van der Waals surface area contributed by atoms with Crippen molar-refractivity contribution in [3.63, 3.8) is 0 Å². The average molecular weight is 226 g/mol. The molecule has 15 heavy (non-hydrogen) atoms. The van der Waals surface area contributed by atoms with E-state index < -0.39 is 0 Å². The third kappa shape index (κ3) is 2.90. The molecule has 1 unspecified atom stereocenters. The lowest BCUT2D eigenvalue weighted by Gasteiger charge is -2.15. The third-order valence-corrected chi connectivity index (χ3v) is 2.62. The second kappa shape index (κ2) is 5.08. The Bertz CT molecular complexity index is 363. The van der Waals surface area contributed by atoms with Crippen LogP contribution in [0.1, 0.15) is 12.5 Å². The Balaban J connectivity index is 3.04. The highest BCUT2D eigenvalue weighted by Gasteiger charge is 2.07. The van der Waals surface area contributed by atoms with Crippen molar-refractivity contribution < 1.29 is 4.74 Å². The van der Waals surface area contributed by atoms with E-state index in [-0.39, 0.29) is 6.04 Å². The van der Waals surface area contributed by atoms with Crippen LogP contribution in [0.4, 0.5) is 5.69 Å². The van der Waals surface area contributed by atoms with Crippen LogP contribution in [0, 0.1) is 6.92 Å². The molecule has 1 aromatic rings. The quantitative estimate of drug-likeness (QED) is 0.790. The Kier molecular flexibility index (Phi) is 4.04. The molecule has 0 aromatic heterocycles. The van der Waals surface area contributed by atoms with Crippen molar-refractivity contribution in [2.75, 3.05) is 12.4 Å². The van der Waals surface area contributed by atoms with Crippen molar-refractivity contribution in [1.82, 2.24) is 0 Å². The van der Waals surface area contributed by atoms with Gasteiger partial charge in [-0.25, -0.2) is 0 Å². The van der Waals surface area contributed by atoms with Crippen LogP contribution < -0.4 is 10.1 Å². The number of aryl methyl sites for hydroxylation is 1. The number of hydrogen-bond acceptors (Lipinski definition) is 2. The molecule has 0 aliphatic heterocycles. The smallest absolute Gasteiger partial charge is 0.143 e. The number of halogens is 1. The number of ether oxygens (including phenoxy) is 1. The van der Waals surface area contributed by atoms with E-state index in [0.29, 0.717) is 5.02 Å². The largest absolute Gasteiger partial charge is 0.495 e. The standard InChI is InChI=1S/C12H16ClNO/c1-5-9(3)14-11-6-8(2)10(13)7-12(11)15-4/h5-7,9,14H,1H2,2-4H3. The summed E-state index contributed by atoms with van der Waals surface area (Å²) in [7, 11) is 1.63. The molecule has 2 nitrogen and oxygen atoms in total. The van der Waals surface area contributed by atoms with E-state index in [4.69, 9.17) is 16.3 Å². The Hall–Kier alpha value is -1.15. The van der Waals surface area contributed by atoms with Gasteiger partial charge in [0.15, 0.2) is 0 Å². The molecule has 0 saturated heterocycles. The molecule has 0 radical (unpaired) electrons. The lowest BCUT2D eigenvalue weighted by Crippen LogP contribution is -2.12. The van der Waals surface area contributed by atoms with Crippen LogP contribution in [0.3, 0.4) is 0 Å². The molecule has 0 fully saturated rings. The van der Waals surface area contributed by atoms with Crippen LogP contribution in [-0.2, 0) is 0 Å². The van der Waals surface area contributed by atoms with Gasteiger partial charge in [-0.3, -0.25) is 0 Å². The summed E-state index contributed by atoms with van der Waals surface area (Å²) in [5.74, 6) is 0.749. The summed E-state index contributed by atoms with van der Waals surface area (Å²) in [4.78, 5) is 0. The van der Waals surface area contributed by atoms with Crippen molar-refractivity contribution >= 4 is 17.3 Å². The normalized spacial score (nSPS) is 12.0. The molecule has 1 N–H and O–H groups in total. The molecule has 0 saturated carbocycles. The van der Waals surface area contributed by atoms with Gasteiger partial charge in [-0.05, 0) is 25.5 Å². The Morgan fingerprint density at radius 1 is 1.53 bits per heavy atom. The van der Waals surface area contributed by atoms with Crippen LogP contribution in [0.5, 0.6) is 5.75 Å². The molecule has 0 spiro atoms. The predicted octanol–water partition coefficient (Wildman–Crippen LogP) is 3.64. The van der Waals surface area contributed by atoms with Crippen molar-refractivity contribution in [1.29, 1.82) is 0 Å². The van der Waals surface area contributed by atoms with Gasteiger partial charge >= 0.3 is 0 Å². The number of benzene rings is 1. The fourth-order valence-electron chi connectivity index (χ4n) is 1.25. The minimum atomic E-state index is 0.194. The Morgan fingerprint density at radius 2 is 2.20 bits per heavy atom. The van der Waals surface area contributed by atoms with Gasteiger partial charge in [0.05, 0.1) is 12.8 Å². The number of anilines is 1. The highest BCUT2D eigenvalue weighted by atomic mass is 35.5. The zero-order valence-electron chi connectivity index (χ0n) is 9.30. The lowest BCUT2D eigenvalue weighted by molar-refractivity contribution is 0.416. The lowest BCUT2D eigenvalue weighted by atomic mass is 10.2. The molecule has 0 bridgehead atoms. The maximum atomic E-state index is 6.01. The third-order valence-electron chi connectivity index (χ3n) is 2.22. The van der Waals surface area contributed by atoms with Gasteiger partial charge in [0.25, 0.3) is 0 Å². The second-order valence-electron chi connectivity index (χ2n) is 3.47. The van der Waals surface area contributed by atoms with Crippen molar-refractivity contribution in [3.8, 4) is 5.75 Å². The molecule has 1 rings (SSSR count). The molecule has 1 atom stereocenters. The first-order valence-electron chi connectivity index (χ1n) is 4.81. The maximum Gasteiger partial charge on any atom is 0.143 e. The number of methoxy groups -OCH3 is 1. The maximum absolute atomic E-state index is 6.01. The minimum Gasteiger partial charge on any atom is -0.495 e. The zero-order chi connectivity index (χ0) is 11.4. The van der Waals surface area contributed by atoms with Crippen LogP contribution >= 0.6 is 11.6 Å². The number of rotatable bonds is 4. The van der Waals surface area contributed by atoms with E-state index in [0.717, 1.165) is 17.0 Å². The van der Waals surface area contributed by atoms with E-state index in [1.165, 1.54) is 0 Å². The van der Waals surface area contributed by atoms with Gasteiger partial charge in [-0.15, -0.1) is 6.58 Å². The summed E-state index contributed by atoms with van der Waals surface area (Å²) in [6.45, 7) is 7.71. The fraction of sp³-hybridized carbons (Fsp3) is 0.333. The van der Waals surface area contributed by atoms with E-state index in [1.54, 1.807) is 7.11 Å². The van der Waals surface area contributed by atoms with E-state index >= 15 is 0 Å². The summed E-state index contributed by atoms with van der Waals surface area (Å²) in [5.41, 5.74) is 1.96. The number of nitrogens with one attached hydrogen (secondary N) is 1. The first-order chi connectivity index (χ1) is 7.08. The van der Waals surface area contributed by atoms with Gasteiger partial charge in [-0.2, -0.15) is 0 Å². The molecule has 0 aliphatic rings. The molecular weight excluding hydrogens is 210 g/mol. The topological polar surface area (TPSA) is 21.3 Å². The molecule has 82 valence electrons. The number of hydrogen-bond donors (Lipinski definition) is 1. The highest BCUT2D eigenvalue weighted by molar-refractivity contribution is 6.31. The summed E-state index contributed by atoms with van der Waals surface area (Å²) in [5, 5.41) is 3.99. The van der Waals surface area contributed by atoms with E-state index in [2.05, 4.69) is 11.9 Å². The molecule has 0 heterocycles. The van der Waals surface area contributed by atoms with E-state index in [9.17, 15) is 0 Å². The van der Waals surface area contributed by atoms with Crippen molar-refractivity contribution in [3.05, 3.63) is 35.4 Å². The SMILES string of the molecule is C=CC(C)Nc1cc(C)c(Cl)cc1OC. The van der Waals surface area contributed by atoms with E-state index in [1.807, 2.05) is 32.1 Å². The van der Waals surface area contributed by atoms with Crippen molar-refractivity contribution in [2.45, 2.75) is 19.9 Å². The fourth-order valence-corrected chi connectivity index (χ4v) is 1.40. The molecule has 1 aromatic carbocycles. The molecule has 0 aliphatic carbocycles. The summed E-state index contributed by atoms with van der Waals surface area (Å²) in [6, 6.07) is 3.98. The first-order valence-corrected chi connectivity index (χ1v) is 5.19.